The van der Waals surface area contributed by atoms with E-state index in [1.54, 1.807) is 0 Å². The summed E-state index contributed by atoms with van der Waals surface area (Å²) >= 11 is 3.84. The highest BCUT2D eigenvalue weighted by Crippen LogP contribution is 2.21. The van der Waals surface area contributed by atoms with Gasteiger partial charge in [0, 0.05) is 17.7 Å². The molecule has 0 heterocycles. The van der Waals surface area contributed by atoms with Crippen LogP contribution in [0.25, 0.3) is 0 Å². The molecular formula is C18H39NOS. The van der Waals surface area contributed by atoms with E-state index >= 15 is 0 Å². The molecule has 0 aromatic heterocycles. The summed E-state index contributed by atoms with van der Waals surface area (Å²) in [5.41, 5.74) is 7.28. The van der Waals surface area contributed by atoms with Crippen LogP contribution in [-0.4, -0.2) is 17.5 Å². The second-order valence-corrected chi connectivity index (χ2v) is 7.31. The molecule has 0 aliphatic carbocycles. The second-order valence-electron chi connectivity index (χ2n) is 6.87. The third kappa shape index (κ3) is 24.9. The van der Waals surface area contributed by atoms with E-state index < -0.39 is 0 Å². The van der Waals surface area contributed by atoms with Crippen molar-refractivity contribution >= 4 is 12.6 Å². The van der Waals surface area contributed by atoms with Crippen LogP contribution < -0.4 is 5.73 Å². The fourth-order valence-corrected chi connectivity index (χ4v) is 1.06. The second kappa shape index (κ2) is 14.5. The van der Waals surface area contributed by atoms with Gasteiger partial charge in [-0.25, -0.2) is 0 Å². The number of allylic oxidation sites excluding steroid dienone is 4. The number of hydrogen-bond donors (Lipinski definition) is 3. The first-order valence-electron chi connectivity index (χ1n) is 7.89. The van der Waals surface area contributed by atoms with Crippen molar-refractivity contribution in [1.29, 1.82) is 0 Å². The predicted molar refractivity (Wildman–Crippen MR) is 102 cm³/mol. The molecule has 21 heavy (non-hydrogen) atoms. The van der Waals surface area contributed by atoms with Crippen LogP contribution in [-0.2, 0) is 0 Å². The van der Waals surface area contributed by atoms with Crippen LogP contribution in [0.5, 0.6) is 0 Å². The molecule has 0 atom stereocenters. The molecule has 0 aromatic carbocycles. The summed E-state index contributed by atoms with van der Waals surface area (Å²) in [4.78, 5) is 0. The van der Waals surface area contributed by atoms with Crippen molar-refractivity contribution in [2.24, 2.45) is 16.6 Å². The van der Waals surface area contributed by atoms with E-state index in [-0.39, 0.29) is 12.0 Å². The van der Waals surface area contributed by atoms with Crippen LogP contribution in [0.3, 0.4) is 0 Å². The lowest BCUT2D eigenvalue weighted by molar-refractivity contribution is 0.296. The van der Waals surface area contributed by atoms with E-state index in [0.29, 0.717) is 5.41 Å². The Morgan fingerprint density at radius 2 is 1.57 bits per heavy atom. The molecular weight excluding hydrogens is 278 g/mol. The van der Waals surface area contributed by atoms with Gasteiger partial charge >= 0.3 is 0 Å². The van der Waals surface area contributed by atoms with Crippen molar-refractivity contribution in [3.05, 3.63) is 23.9 Å². The van der Waals surface area contributed by atoms with Gasteiger partial charge in [-0.3, -0.25) is 0 Å². The van der Waals surface area contributed by atoms with Crippen LogP contribution in [0.1, 0.15) is 68.2 Å². The highest BCUT2D eigenvalue weighted by Gasteiger charge is 2.12. The standard InChI is InChI=1S/C13H25N.C3H8OS.C2H6/c1-12(2,3)10-8-7-9-11(14)13(4,5)6;4-2-1-3-5;1-2/h7-9H,10,14H2,1-6H3;4-5H,1-3H2;1-2H3/b8-7-,11-9-;;. The zero-order valence-electron chi connectivity index (χ0n) is 15.5. The number of aliphatic hydroxyl groups excluding tert-OH is 1. The molecule has 3 N–H and O–H groups in total. The van der Waals surface area contributed by atoms with Gasteiger partial charge in [0.25, 0.3) is 0 Å². The Morgan fingerprint density at radius 3 is 1.81 bits per heavy atom. The number of rotatable bonds is 4. The van der Waals surface area contributed by atoms with Gasteiger partial charge in [0.1, 0.15) is 0 Å². The lowest BCUT2D eigenvalue weighted by atomic mass is 9.91. The third-order valence-corrected chi connectivity index (χ3v) is 2.64. The minimum absolute atomic E-state index is 0.0755. The quantitative estimate of drug-likeness (QED) is 0.493. The van der Waals surface area contributed by atoms with E-state index in [0.717, 1.165) is 24.3 Å². The molecule has 0 rings (SSSR count). The summed E-state index contributed by atoms with van der Waals surface area (Å²) in [6.07, 6.45) is 8.14. The first-order valence-corrected chi connectivity index (χ1v) is 8.52. The molecule has 0 unspecified atom stereocenters. The van der Waals surface area contributed by atoms with Crippen molar-refractivity contribution in [2.75, 3.05) is 12.4 Å². The minimum Gasteiger partial charge on any atom is -0.402 e. The monoisotopic (exact) mass is 317 g/mol. The predicted octanol–water partition coefficient (Wildman–Crippen LogP) is 5.19. The minimum atomic E-state index is 0.0755. The summed E-state index contributed by atoms with van der Waals surface area (Å²) in [7, 11) is 0. The molecule has 0 aliphatic heterocycles. The maximum absolute atomic E-state index is 8.02. The topological polar surface area (TPSA) is 46.2 Å². The van der Waals surface area contributed by atoms with Crippen molar-refractivity contribution < 1.29 is 5.11 Å². The van der Waals surface area contributed by atoms with Crippen LogP contribution in [0.2, 0.25) is 0 Å². The van der Waals surface area contributed by atoms with Gasteiger partial charge in [-0.1, -0.05) is 67.5 Å². The van der Waals surface area contributed by atoms with Crippen LogP contribution >= 0.6 is 12.6 Å². The summed E-state index contributed by atoms with van der Waals surface area (Å²) in [6.45, 7) is 17.3. The Balaban J connectivity index is -0.000000389. The molecule has 0 bridgehead atoms. The summed E-state index contributed by atoms with van der Waals surface area (Å²) in [5.74, 6) is 0.788. The van der Waals surface area contributed by atoms with Gasteiger partial charge in [0.05, 0.1) is 0 Å². The first-order chi connectivity index (χ1) is 9.54. The van der Waals surface area contributed by atoms with E-state index in [1.807, 2.05) is 19.9 Å². The average molecular weight is 318 g/mol. The summed E-state index contributed by atoms with van der Waals surface area (Å²) in [6, 6.07) is 0. The molecule has 0 radical (unpaired) electrons. The molecule has 0 aromatic rings. The maximum atomic E-state index is 8.02. The van der Waals surface area contributed by atoms with Crippen LogP contribution in [0, 0.1) is 10.8 Å². The highest BCUT2D eigenvalue weighted by atomic mass is 32.1. The first kappa shape index (κ1) is 25.5. The normalized spacial score (nSPS) is 12.4. The Bertz CT molecular complexity index is 268. The van der Waals surface area contributed by atoms with E-state index in [9.17, 15) is 0 Å². The number of thiol groups is 1. The lowest BCUT2D eigenvalue weighted by Gasteiger charge is -2.18. The molecule has 0 saturated heterocycles. The van der Waals surface area contributed by atoms with Crippen molar-refractivity contribution in [2.45, 2.75) is 68.2 Å². The van der Waals surface area contributed by atoms with Crippen LogP contribution in [0.15, 0.2) is 23.9 Å². The zero-order valence-corrected chi connectivity index (χ0v) is 16.4. The Hall–Kier alpha value is -0.410. The Kier molecular flexibility index (Phi) is 17.7. The number of nitrogens with two attached hydrogens (primary N) is 1. The van der Waals surface area contributed by atoms with Gasteiger partial charge < -0.3 is 10.8 Å². The molecule has 0 fully saturated rings. The number of aliphatic hydroxyl groups is 1. The molecule has 0 spiro atoms. The molecule has 0 amide bonds. The zero-order chi connectivity index (χ0) is 17.5. The SMILES string of the molecule is CC.CC(C)(C)C/C=C\C=C(/N)C(C)(C)C.OCCCS. The number of hydrogen-bond acceptors (Lipinski definition) is 3. The highest BCUT2D eigenvalue weighted by molar-refractivity contribution is 7.80. The molecule has 0 aliphatic rings. The fourth-order valence-electron chi connectivity index (χ4n) is 0.914. The van der Waals surface area contributed by atoms with Crippen LogP contribution in [0.4, 0.5) is 0 Å². The maximum Gasteiger partial charge on any atom is 0.0438 e. The molecule has 3 heteroatoms. The van der Waals surface area contributed by atoms with Crippen molar-refractivity contribution in [3.63, 3.8) is 0 Å². The largest absolute Gasteiger partial charge is 0.402 e. The van der Waals surface area contributed by atoms with E-state index in [1.165, 1.54) is 0 Å². The van der Waals surface area contributed by atoms with E-state index in [4.69, 9.17) is 10.8 Å². The Morgan fingerprint density at radius 1 is 1.10 bits per heavy atom. The smallest absolute Gasteiger partial charge is 0.0438 e. The van der Waals surface area contributed by atoms with Gasteiger partial charge in [-0.05, 0) is 30.1 Å². The molecule has 0 saturated carbocycles. The van der Waals surface area contributed by atoms with E-state index in [2.05, 4.69) is 66.3 Å². The molecule has 2 nitrogen and oxygen atoms in total. The fraction of sp³-hybridized carbons (Fsp3) is 0.778. The third-order valence-electron chi connectivity index (χ3n) is 2.32. The van der Waals surface area contributed by atoms with Gasteiger partial charge in [-0.2, -0.15) is 12.6 Å². The lowest BCUT2D eigenvalue weighted by Crippen LogP contribution is -2.16. The Labute approximate surface area is 139 Å². The van der Waals surface area contributed by atoms with Crippen molar-refractivity contribution in [3.8, 4) is 0 Å². The summed E-state index contributed by atoms with van der Waals surface area (Å²) < 4.78 is 0. The van der Waals surface area contributed by atoms with Gasteiger partial charge in [0.2, 0.25) is 0 Å². The average Bonchev–Trinajstić information content (AvgIpc) is 2.36. The van der Waals surface area contributed by atoms with Gasteiger partial charge in [0.15, 0.2) is 0 Å². The summed E-state index contributed by atoms with van der Waals surface area (Å²) in [5, 5.41) is 8.02. The molecule has 128 valence electrons. The van der Waals surface area contributed by atoms with Gasteiger partial charge in [-0.15, -0.1) is 0 Å². The van der Waals surface area contributed by atoms with Crippen molar-refractivity contribution in [1.82, 2.24) is 0 Å².